The van der Waals surface area contributed by atoms with Gasteiger partial charge in [0, 0.05) is 6.42 Å². The Kier molecular flexibility index (Phi) is 2.48. The Bertz CT molecular complexity index is 747. The average Bonchev–Trinajstić information content (AvgIpc) is 2.37. The highest BCUT2D eigenvalue weighted by molar-refractivity contribution is 5.97. The SMILES string of the molecule is CC(=O)c1c(N)nc2n(c1=O)-c1ccccc1CC2. The van der Waals surface area contributed by atoms with Crippen LogP contribution in [0.4, 0.5) is 5.82 Å². The molecule has 0 atom stereocenters. The molecule has 0 radical (unpaired) electrons. The van der Waals surface area contributed by atoms with Gasteiger partial charge in [0.1, 0.15) is 17.2 Å². The van der Waals surface area contributed by atoms with Crippen molar-refractivity contribution >= 4 is 11.6 Å². The van der Waals surface area contributed by atoms with Gasteiger partial charge in [-0.25, -0.2) is 4.98 Å². The average molecular weight is 255 g/mol. The first-order chi connectivity index (χ1) is 9.09. The van der Waals surface area contributed by atoms with Gasteiger partial charge < -0.3 is 5.73 Å². The monoisotopic (exact) mass is 255 g/mol. The number of para-hydroxylation sites is 1. The van der Waals surface area contributed by atoms with Gasteiger partial charge in [-0.1, -0.05) is 18.2 Å². The summed E-state index contributed by atoms with van der Waals surface area (Å²) in [5.74, 6) is 0.294. The van der Waals surface area contributed by atoms with Crippen molar-refractivity contribution in [3.63, 3.8) is 0 Å². The van der Waals surface area contributed by atoms with Crippen molar-refractivity contribution < 1.29 is 4.79 Å². The normalized spacial score (nSPS) is 12.7. The third-order valence-corrected chi connectivity index (χ3v) is 3.38. The topological polar surface area (TPSA) is 78.0 Å². The minimum Gasteiger partial charge on any atom is -0.383 e. The van der Waals surface area contributed by atoms with Gasteiger partial charge in [0.2, 0.25) is 0 Å². The van der Waals surface area contributed by atoms with Crippen LogP contribution in [-0.4, -0.2) is 15.3 Å². The number of rotatable bonds is 1. The number of Topliss-reactive ketones (excluding diaryl/α,β-unsaturated/α-hetero) is 1. The van der Waals surface area contributed by atoms with Gasteiger partial charge in [0.25, 0.3) is 5.56 Å². The number of aryl methyl sites for hydroxylation is 2. The zero-order valence-electron chi connectivity index (χ0n) is 10.5. The molecule has 1 aromatic heterocycles. The molecule has 1 aliphatic rings. The van der Waals surface area contributed by atoms with E-state index in [1.165, 1.54) is 11.5 Å². The maximum Gasteiger partial charge on any atom is 0.271 e. The molecule has 0 aliphatic carbocycles. The van der Waals surface area contributed by atoms with Gasteiger partial charge in [-0.3, -0.25) is 14.2 Å². The van der Waals surface area contributed by atoms with Crippen LogP contribution in [0.1, 0.15) is 28.7 Å². The second-order valence-electron chi connectivity index (χ2n) is 4.61. The Morgan fingerprint density at radius 1 is 1.32 bits per heavy atom. The predicted molar refractivity (Wildman–Crippen MR) is 71.7 cm³/mol. The van der Waals surface area contributed by atoms with E-state index < -0.39 is 0 Å². The number of ketones is 1. The number of nitrogens with two attached hydrogens (primary N) is 1. The van der Waals surface area contributed by atoms with Crippen LogP contribution in [0.3, 0.4) is 0 Å². The fourth-order valence-corrected chi connectivity index (χ4v) is 2.52. The lowest BCUT2D eigenvalue weighted by Gasteiger charge is -2.21. The molecule has 0 fully saturated rings. The fourth-order valence-electron chi connectivity index (χ4n) is 2.52. The van der Waals surface area contributed by atoms with Crippen LogP contribution in [0.25, 0.3) is 5.69 Å². The number of nitrogen functional groups attached to an aromatic ring is 1. The summed E-state index contributed by atoms with van der Waals surface area (Å²) >= 11 is 0. The van der Waals surface area contributed by atoms with Crippen molar-refractivity contribution in [2.45, 2.75) is 19.8 Å². The lowest BCUT2D eigenvalue weighted by Crippen LogP contribution is -2.33. The number of benzene rings is 1. The smallest absolute Gasteiger partial charge is 0.271 e. The van der Waals surface area contributed by atoms with Crippen LogP contribution in [0.15, 0.2) is 29.1 Å². The van der Waals surface area contributed by atoms with Gasteiger partial charge in [-0.15, -0.1) is 0 Å². The van der Waals surface area contributed by atoms with E-state index >= 15 is 0 Å². The Morgan fingerprint density at radius 3 is 2.79 bits per heavy atom. The molecule has 0 unspecified atom stereocenters. The van der Waals surface area contributed by atoms with Gasteiger partial charge in [-0.05, 0) is 25.0 Å². The minimum absolute atomic E-state index is 0.0274. The third-order valence-electron chi connectivity index (χ3n) is 3.38. The quantitative estimate of drug-likeness (QED) is 0.774. The van der Waals surface area contributed by atoms with Crippen LogP contribution in [0, 0.1) is 0 Å². The first-order valence-corrected chi connectivity index (χ1v) is 6.10. The van der Waals surface area contributed by atoms with E-state index in [4.69, 9.17) is 5.73 Å². The summed E-state index contributed by atoms with van der Waals surface area (Å²) in [4.78, 5) is 28.2. The lowest BCUT2D eigenvalue weighted by atomic mass is 10.0. The molecule has 96 valence electrons. The first-order valence-electron chi connectivity index (χ1n) is 6.10. The molecule has 19 heavy (non-hydrogen) atoms. The summed E-state index contributed by atoms with van der Waals surface area (Å²) in [5.41, 5.74) is 7.20. The Labute approximate surface area is 109 Å². The summed E-state index contributed by atoms with van der Waals surface area (Å²) in [5, 5.41) is 0. The Morgan fingerprint density at radius 2 is 2.05 bits per heavy atom. The highest BCUT2D eigenvalue weighted by atomic mass is 16.1. The summed E-state index contributed by atoms with van der Waals surface area (Å²) in [6.45, 7) is 1.33. The molecule has 0 saturated carbocycles. The van der Waals surface area contributed by atoms with Crippen LogP contribution in [0.2, 0.25) is 0 Å². The first kappa shape index (κ1) is 11.6. The minimum atomic E-state index is -0.373. The van der Waals surface area contributed by atoms with E-state index in [1.54, 1.807) is 0 Å². The van der Waals surface area contributed by atoms with Crippen LogP contribution >= 0.6 is 0 Å². The molecule has 0 saturated heterocycles. The van der Waals surface area contributed by atoms with Crippen molar-refractivity contribution in [1.29, 1.82) is 0 Å². The van der Waals surface area contributed by atoms with E-state index in [2.05, 4.69) is 4.98 Å². The van der Waals surface area contributed by atoms with Crippen molar-refractivity contribution in [2.24, 2.45) is 0 Å². The summed E-state index contributed by atoms with van der Waals surface area (Å²) in [6.07, 6.45) is 1.47. The highest BCUT2D eigenvalue weighted by Crippen LogP contribution is 2.22. The number of fused-ring (bicyclic) bond motifs is 3. The number of carbonyl (C=O) groups is 1. The van der Waals surface area contributed by atoms with Crippen LogP contribution < -0.4 is 11.3 Å². The van der Waals surface area contributed by atoms with E-state index in [-0.39, 0.29) is 22.7 Å². The zero-order chi connectivity index (χ0) is 13.6. The van der Waals surface area contributed by atoms with Crippen molar-refractivity contribution in [3.05, 3.63) is 51.6 Å². The number of carbonyl (C=O) groups excluding carboxylic acids is 1. The van der Waals surface area contributed by atoms with Gasteiger partial charge >= 0.3 is 0 Å². The van der Waals surface area contributed by atoms with E-state index in [0.717, 1.165) is 17.7 Å². The Balaban J connectivity index is 2.39. The molecule has 3 rings (SSSR count). The number of hydrogen-bond acceptors (Lipinski definition) is 4. The van der Waals surface area contributed by atoms with E-state index in [0.29, 0.717) is 12.2 Å². The molecule has 1 aliphatic heterocycles. The predicted octanol–water partition coefficient (Wildman–Crippen LogP) is 1.12. The van der Waals surface area contributed by atoms with Gasteiger partial charge in [-0.2, -0.15) is 0 Å². The number of aromatic nitrogens is 2. The molecule has 0 bridgehead atoms. The third kappa shape index (κ3) is 1.66. The standard InChI is InChI=1S/C14H13N3O2/c1-8(18)12-13(15)16-11-7-6-9-4-2-3-5-10(9)17(11)14(12)19/h2-5H,6-7,15H2,1H3. The highest BCUT2D eigenvalue weighted by Gasteiger charge is 2.23. The van der Waals surface area contributed by atoms with Gasteiger partial charge in [0.05, 0.1) is 5.69 Å². The van der Waals surface area contributed by atoms with Crippen LogP contribution in [0.5, 0.6) is 0 Å². The van der Waals surface area contributed by atoms with E-state index in [1.807, 2.05) is 24.3 Å². The van der Waals surface area contributed by atoms with Crippen LogP contribution in [-0.2, 0) is 12.8 Å². The number of nitrogens with zero attached hydrogens (tertiary/aromatic N) is 2. The maximum absolute atomic E-state index is 12.5. The molecule has 2 N–H and O–H groups in total. The van der Waals surface area contributed by atoms with Crippen molar-refractivity contribution in [1.82, 2.24) is 9.55 Å². The molecule has 1 aromatic carbocycles. The molecule has 2 heterocycles. The summed E-state index contributed by atoms with van der Waals surface area (Å²) in [6, 6.07) is 7.64. The fraction of sp³-hybridized carbons (Fsp3) is 0.214. The molecule has 0 spiro atoms. The van der Waals surface area contributed by atoms with Gasteiger partial charge in [0.15, 0.2) is 5.78 Å². The molecular weight excluding hydrogens is 242 g/mol. The molecule has 0 amide bonds. The zero-order valence-corrected chi connectivity index (χ0v) is 10.5. The second kappa shape index (κ2) is 4.05. The lowest BCUT2D eigenvalue weighted by molar-refractivity contribution is 0.101. The van der Waals surface area contributed by atoms with Crippen molar-refractivity contribution in [2.75, 3.05) is 5.73 Å². The van der Waals surface area contributed by atoms with E-state index in [9.17, 15) is 9.59 Å². The van der Waals surface area contributed by atoms with Crippen molar-refractivity contribution in [3.8, 4) is 5.69 Å². The largest absolute Gasteiger partial charge is 0.383 e. The summed E-state index contributed by atoms with van der Waals surface area (Å²) < 4.78 is 1.51. The second-order valence-corrected chi connectivity index (χ2v) is 4.61. The maximum atomic E-state index is 12.5. The molecular formula is C14H13N3O2. The number of hydrogen-bond donors (Lipinski definition) is 1. The number of anilines is 1. The molecule has 5 heteroatoms. The molecule has 5 nitrogen and oxygen atoms in total. The molecule has 2 aromatic rings. The Hall–Kier alpha value is -2.43. The summed E-state index contributed by atoms with van der Waals surface area (Å²) in [7, 11) is 0.